The first-order chi connectivity index (χ1) is 10.9. The van der Waals surface area contributed by atoms with E-state index >= 15 is 0 Å². The van der Waals surface area contributed by atoms with Gasteiger partial charge in [-0.2, -0.15) is 0 Å². The number of halogens is 1. The van der Waals surface area contributed by atoms with E-state index in [4.69, 9.17) is 4.74 Å². The highest BCUT2D eigenvalue weighted by Crippen LogP contribution is 2.21. The average Bonchev–Trinajstić information content (AvgIpc) is 2.46. The van der Waals surface area contributed by atoms with Crippen molar-refractivity contribution in [3.8, 4) is 0 Å². The number of hydrogen-bond donors (Lipinski definition) is 2. The summed E-state index contributed by atoms with van der Waals surface area (Å²) >= 11 is 0. The van der Waals surface area contributed by atoms with Crippen LogP contribution in [0.3, 0.4) is 0 Å². The van der Waals surface area contributed by atoms with Gasteiger partial charge in [0.1, 0.15) is 5.82 Å². The molecular weight excluding hydrogens is 297 g/mol. The van der Waals surface area contributed by atoms with Gasteiger partial charge in [0.05, 0.1) is 24.5 Å². The Hall–Kier alpha value is -1.21. The Kier molecular flexibility index (Phi) is 6.35. The molecule has 1 aromatic rings. The van der Waals surface area contributed by atoms with Crippen molar-refractivity contribution in [2.45, 2.75) is 19.1 Å². The van der Waals surface area contributed by atoms with E-state index in [1.807, 2.05) is 36.0 Å². The van der Waals surface area contributed by atoms with E-state index in [9.17, 15) is 9.50 Å². The Labute approximate surface area is 138 Å². The highest BCUT2D eigenvalue weighted by Gasteiger charge is 2.20. The molecule has 2 rings (SSSR count). The van der Waals surface area contributed by atoms with Crippen LogP contribution in [0.1, 0.15) is 12.5 Å². The Balaban J connectivity index is 1.88. The first kappa shape index (κ1) is 18.1. The Bertz CT molecular complexity index is 503. The predicted molar refractivity (Wildman–Crippen MR) is 90.3 cm³/mol. The summed E-state index contributed by atoms with van der Waals surface area (Å²) in [5, 5.41) is 13.4. The van der Waals surface area contributed by atoms with E-state index in [0.717, 1.165) is 18.7 Å². The summed E-state index contributed by atoms with van der Waals surface area (Å²) < 4.78 is 19.6. The maximum absolute atomic E-state index is 14.3. The second kappa shape index (κ2) is 8.06. The number of likely N-dealkylation sites (N-methyl/N-ethyl adjacent to an activating group) is 1. The molecule has 0 spiro atoms. The number of ether oxygens (including phenoxy) is 1. The molecule has 2 N–H and O–H groups in total. The molecule has 1 atom stereocenters. The van der Waals surface area contributed by atoms with Gasteiger partial charge in [-0.1, -0.05) is 6.07 Å². The zero-order chi connectivity index (χ0) is 16.9. The largest absolute Gasteiger partial charge is 0.388 e. The van der Waals surface area contributed by atoms with Gasteiger partial charge in [-0.25, -0.2) is 4.39 Å². The van der Waals surface area contributed by atoms with Crippen molar-refractivity contribution >= 4 is 5.69 Å². The molecule has 1 unspecified atom stereocenters. The third kappa shape index (κ3) is 5.73. The number of nitrogens with zero attached hydrogens (tertiary/aromatic N) is 2. The minimum absolute atomic E-state index is 0.203. The van der Waals surface area contributed by atoms with E-state index in [-0.39, 0.29) is 5.82 Å². The van der Waals surface area contributed by atoms with Gasteiger partial charge in [0, 0.05) is 32.7 Å². The van der Waals surface area contributed by atoms with Crippen LogP contribution in [-0.4, -0.2) is 69.1 Å². The van der Waals surface area contributed by atoms with Gasteiger partial charge < -0.3 is 25.0 Å². The molecule has 0 aromatic heterocycles. The maximum Gasteiger partial charge on any atom is 0.146 e. The molecule has 1 aliphatic heterocycles. The van der Waals surface area contributed by atoms with Crippen molar-refractivity contribution in [3.05, 3.63) is 29.6 Å². The number of nitrogens with one attached hydrogen (secondary N) is 1. The second-order valence-electron chi connectivity index (χ2n) is 6.72. The van der Waals surface area contributed by atoms with Crippen molar-refractivity contribution < 1.29 is 14.2 Å². The summed E-state index contributed by atoms with van der Waals surface area (Å²) in [5.74, 6) is -0.203. The maximum atomic E-state index is 14.3. The summed E-state index contributed by atoms with van der Waals surface area (Å²) in [6.45, 7) is 6.09. The molecule has 1 heterocycles. The van der Waals surface area contributed by atoms with E-state index in [0.29, 0.717) is 38.5 Å². The van der Waals surface area contributed by atoms with E-state index in [1.54, 1.807) is 13.0 Å². The summed E-state index contributed by atoms with van der Waals surface area (Å²) in [4.78, 5) is 3.95. The fraction of sp³-hybridized carbons (Fsp3) is 0.647. The molecule has 0 bridgehead atoms. The third-order valence-electron chi connectivity index (χ3n) is 3.86. The van der Waals surface area contributed by atoms with Gasteiger partial charge in [0.2, 0.25) is 0 Å². The normalized spacial score (nSPS) is 18.3. The number of hydrogen-bond acceptors (Lipinski definition) is 5. The number of rotatable bonds is 7. The lowest BCUT2D eigenvalue weighted by molar-refractivity contribution is 0.0336. The zero-order valence-electron chi connectivity index (χ0n) is 14.3. The second-order valence-corrected chi connectivity index (χ2v) is 6.72. The molecule has 0 radical (unpaired) electrons. The molecule has 1 aliphatic rings. The lowest BCUT2D eigenvalue weighted by Crippen LogP contribution is -2.45. The SMILES string of the molecule is CN(C)CC(C)(O)CNCc1ccc(N2CCOCC2)c(F)c1. The molecule has 23 heavy (non-hydrogen) atoms. The zero-order valence-corrected chi connectivity index (χ0v) is 14.3. The van der Waals surface area contributed by atoms with E-state index in [2.05, 4.69) is 5.32 Å². The molecule has 1 fully saturated rings. The molecule has 0 saturated carbocycles. The molecule has 130 valence electrons. The van der Waals surface area contributed by atoms with Crippen molar-refractivity contribution in [2.75, 3.05) is 58.4 Å². The van der Waals surface area contributed by atoms with Crippen LogP contribution in [0, 0.1) is 5.82 Å². The molecule has 1 saturated heterocycles. The highest BCUT2D eigenvalue weighted by atomic mass is 19.1. The Morgan fingerprint density at radius 2 is 2.04 bits per heavy atom. The van der Waals surface area contributed by atoms with Gasteiger partial charge >= 0.3 is 0 Å². The summed E-state index contributed by atoms with van der Waals surface area (Å²) in [6.07, 6.45) is 0. The number of morpholine rings is 1. The standard InChI is InChI=1S/C17H28FN3O2/c1-17(22,13-20(2)3)12-19-11-14-4-5-16(15(18)10-14)21-6-8-23-9-7-21/h4-5,10,19,22H,6-9,11-13H2,1-3H3. The number of benzene rings is 1. The van der Waals surface area contributed by atoms with Crippen LogP contribution in [0.15, 0.2) is 18.2 Å². The van der Waals surface area contributed by atoms with Crippen LogP contribution in [0.5, 0.6) is 0 Å². The van der Waals surface area contributed by atoms with Gasteiger partial charge in [-0.15, -0.1) is 0 Å². The van der Waals surface area contributed by atoms with Gasteiger partial charge in [-0.05, 0) is 38.7 Å². The summed E-state index contributed by atoms with van der Waals surface area (Å²) in [6, 6.07) is 5.33. The lowest BCUT2D eigenvalue weighted by atomic mass is 10.1. The average molecular weight is 325 g/mol. The van der Waals surface area contributed by atoms with Crippen molar-refractivity contribution in [2.24, 2.45) is 0 Å². The van der Waals surface area contributed by atoms with Crippen LogP contribution < -0.4 is 10.2 Å². The minimum Gasteiger partial charge on any atom is -0.388 e. The van der Waals surface area contributed by atoms with E-state index in [1.165, 1.54) is 0 Å². The Morgan fingerprint density at radius 3 is 2.65 bits per heavy atom. The first-order valence-electron chi connectivity index (χ1n) is 8.06. The van der Waals surface area contributed by atoms with Crippen molar-refractivity contribution in [1.29, 1.82) is 0 Å². The first-order valence-corrected chi connectivity index (χ1v) is 8.06. The molecule has 1 aromatic carbocycles. The molecule has 6 heteroatoms. The quantitative estimate of drug-likeness (QED) is 0.785. The highest BCUT2D eigenvalue weighted by molar-refractivity contribution is 5.49. The van der Waals surface area contributed by atoms with E-state index < -0.39 is 5.60 Å². The Morgan fingerprint density at radius 1 is 1.35 bits per heavy atom. The number of anilines is 1. The lowest BCUT2D eigenvalue weighted by Gasteiger charge is -2.29. The van der Waals surface area contributed by atoms with Crippen LogP contribution in [-0.2, 0) is 11.3 Å². The number of aliphatic hydroxyl groups is 1. The van der Waals surface area contributed by atoms with Crippen molar-refractivity contribution in [3.63, 3.8) is 0 Å². The van der Waals surface area contributed by atoms with Crippen molar-refractivity contribution in [1.82, 2.24) is 10.2 Å². The van der Waals surface area contributed by atoms with Gasteiger partial charge in [-0.3, -0.25) is 0 Å². The summed E-state index contributed by atoms with van der Waals surface area (Å²) in [7, 11) is 3.85. The third-order valence-corrected chi connectivity index (χ3v) is 3.86. The van der Waals surface area contributed by atoms with Crippen LogP contribution in [0.4, 0.5) is 10.1 Å². The van der Waals surface area contributed by atoms with Gasteiger partial charge in [0.15, 0.2) is 0 Å². The molecule has 5 nitrogen and oxygen atoms in total. The molecule has 0 amide bonds. The smallest absolute Gasteiger partial charge is 0.146 e. The summed E-state index contributed by atoms with van der Waals surface area (Å²) in [5.41, 5.74) is 0.701. The fourth-order valence-electron chi connectivity index (χ4n) is 2.93. The van der Waals surface area contributed by atoms with Crippen LogP contribution in [0.25, 0.3) is 0 Å². The monoisotopic (exact) mass is 325 g/mol. The van der Waals surface area contributed by atoms with Gasteiger partial charge in [0.25, 0.3) is 0 Å². The van der Waals surface area contributed by atoms with Crippen LogP contribution in [0.2, 0.25) is 0 Å². The molecular formula is C17H28FN3O2. The topological polar surface area (TPSA) is 48.0 Å². The van der Waals surface area contributed by atoms with Crippen LogP contribution >= 0.6 is 0 Å². The minimum atomic E-state index is -0.810. The predicted octanol–water partition coefficient (Wildman–Crippen LogP) is 1.06. The fourth-order valence-corrected chi connectivity index (χ4v) is 2.93. The molecule has 0 aliphatic carbocycles.